The van der Waals surface area contributed by atoms with Gasteiger partial charge >= 0.3 is 0 Å². The second-order valence-electron chi connectivity index (χ2n) is 7.46. The van der Waals surface area contributed by atoms with E-state index in [4.69, 9.17) is 0 Å². The van der Waals surface area contributed by atoms with Crippen LogP contribution in [0.25, 0.3) is 11.3 Å². The van der Waals surface area contributed by atoms with Crippen LogP contribution in [-0.4, -0.2) is 16.2 Å². The highest BCUT2D eigenvalue weighted by molar-refractivity contribution is 9.10. The second kappa shape index (κ2) is 7.56. The van der Waals surface area contributed by atoms with Crippen LogP contribution in [0.4, 0.5) is 11.4 Å². The third-order valence-electron chi connectivity index (χ3n) is 4.29. The predicted octanol–water partition coefficient (Wildman–Crippen LogP) is 5.14. The normalized spacial score (nSPS) is 11.3. The molecule has 0 atom stereocenters. The maximum Gasteiger partial charge on any atom is 0.232 e. The number of aryl methyl sites for hydroxylation is 1. The summed E-state index contributed by atoms with van der Waals surface area (Å²) in [4.78, 5) is 11.6. The number of hydrazine groups is 1. The van der Waals surface area contributed by atoms with E-state index >= 15 is 0 Å². The molecule has 3 aromatic rings. The molecule has 1 N–H and O–H groups in total. The van der Waals surface area contributed by atoms with Crippen molar-refractivity contribution in [3.63, 3.8) is 0 Å². The number of nitrogens with zero attached hydrogens (tertiary/aromatic N) is 3. The number of hydrogen-bond acceptors (Lipinski definition) is 3. The van der Waals surface area contributed by atoms with Crippen LogP contribution in [0.3, 0.4) is 0 Å². The van der Waals surface area contributed by atoms with Crippen LogP contribution < -0.4 is 10.4 Å². The zero-order valence-electron chi connectivity index (χ0n) is 15.9. The van der Waals surface area contributed by atoms with Gasteiger partial charge in [-0.3, -0.25) is 14.9 Å². The molecule has 2 aromatic carbocycles. The van der Waals surface area contributed by atoms with E-state index in [-0.39, 0.29) is 5.41 Å². The second-order valence-corrected chi connectivity index (χ2v) is 8.32. The maximum absolute atomic E-state index is 11.6. The number of aromatic nitrogens is 2. The fraction of sp³-hybridized carbons (Fsp3) is 0.238. The molecular weight excluding hydrogens is 404 g/mol. The summed E-state index contributed by atoms with van der Waals surface area (Å²) in [6.45, 7) is 6.50. The van der Waals surface area contributed by atoms with E-state index in [9.17, 15) is 4.79 Å². The van der Waals surface area contributed by atoms with Crippen molar-refractivity contribution >= 4 is 33.7 Å². The Balaban J connectivity index is 1.84. The molecule has 140 valence electrons. The maximum atomic E-state index is 11.6. The Hall–Kier alpha value is -2.60. The van der Waals surface area contributed by atoms with Crippen LogP contribution in [0.1, 0.15) is 26.3 Å². The molecule has 0 spiro atoms. The first-order valence-electron chi connectivity index (χ1n) is 8.69. The van der Waals surface area contributed by atoms with Gasteiger partial charge in [0.1, 0.15) is 5.69 Å². The summed E-state index contributed by atoms with van der Waals surface area (Å²) in [5.41, 5.74) is 7.85. The van der Waals surface area contributed by atoms with Crippen molar-refractivity contribution in [2.75, 3.05) is 10.4 Å². The van der Waals surface area contributed by atoms with Crippen LogP contribution in [-0.2, 0) is 17.3 Å². The van der Waals surface area contributed by atoms with Gasteiger partial charge in [-0.05, 0) is 51.2 Å². The van der Waals surface area contributed by atoms with Crippen molar-refractivity contribution in [3.05, 3.63) is 64.8 Å². The zero-order chi connectivity index (χ0) is 19.6. The number of benzene rings is 2. The lowest BCUT2D eigenvalue weighted by Crippen LogP contribution is -2.28. The van der Waals surface area contributed by atoms with E-state index in [0.717, 1.165) is 33.5 Å². The van der Waals surface area contributed by atoms with E-state index in [1.54, 1.807) is 4.68 Å². The average Bonchev–Trinajstić information content (AvgIpc) is 2.97. The highest BCUT2D eigenvalue weighted by Crippen LogP contribution is 2.29. The van der Waals surface area contributed by atoms with Crippen molar-refractivity contribution in [2.24, 2.45) is 7.05 Å². The molecular formula is C21H23BrN4O. The van der Waals surface area contributed by atoms with E-state index in [0.29, 0.717) is 0 Å². The summed E-state index contributed by atoms with van der Waals surface area (Å²) in [7, 11) is 1.88. The van der Waals surface area contributed by atoms with Gasteiger partial charge < -0.3 is 0 Å². The van der Waals surface area contributed by atoms with Crippen LogP contribution in [0.2, 0.25) is 0 Å². The third kappa shape index (κ3) is 4.39. The monoisotopic (exact) mass is 426 g/mol. The Morgan fingerprint density at radius 1 is 1.15 bits per heavy atom. The Morgan fingerprint density at radius 3 is 2.41 bits per heavy atom. The summed E-state index contributed by atoms with van der Waals surface area (Å²) >= 11 is 3.53. The van der Waals surface area contributed by atoms with Gasteiger partial charge in [0.05, 0.1) is 15.8 Å². The first kappa shape index (κ1) is 19.2. The van der Waals surface area contributed by atoms with Crippen molar-refractivity contribution in [3.8, 4) is 11.3 Å². The lowest BCUT2D eigenvalue weighted by atomic mass is 9.87. The Kier molecular flexibility index (Phi) is 5.37. The minimum absolute atomic E-state index is 0.0718. The van der Waals surface area contributed by atoms with Gasteiger partial charge in [0.25, 0.3) is 0 Å². The summed E-state index contributed by atoms with van der Waals surface area (Å²) in [5, 5.41) is 5.94. The lowest BCUT2D eigenvalue weighted by molar-refractivity contribution is -0.107. The van der Waals surface area contributed by atoms with Crippen LogP contribution in [0.15, 0.2) is 59.2 Å². The number of nitrogens with one attached hydrogen (secondary N) is 1. The van der Waals surface area contributed by atoms with Gasteiger partial charge in [0.15, 0.2) is 0 Å². The molecule has 0 fully saturated rings. The van der Waals surface area contributed by atoms with Crippen LogP contribution in [0, 0.1) is 0 Å². The molecule has 27 heavy (non-hydrogen) atoms. The molecule has 0 bridgehead atoms. The van der Waals surface area contributed by atoms with Crippen molar-refractivity contribution < 1.29 is 4.79 Å². The number of amides is 1. The van der Waals surface area contributed by atoms with Crippen molar-refractivity contribution in [2.45, 2.75) is 26.2 Å². The predicted molar refractivity (Wildman–Crippen MR) is 114 cm³/mol. The SMILES string of the molecule is Cn1cc(Br)c(-c2cccc(NN(C=O)c3ccc(C(C)(C)C)cc3)c2)n1. The molecule has 1 aromatic heterocycles. The molecule has 0 saturated carbocycles. The minimum Gasteiger partial charge on any atom is -0.292 e. The van der Waals surface area contributed by atoms with Gasteiger partial charge in [-0.1, -0.05) is 45.0 Å². The Morgan fingerprint density at radius 2 is 1.85 bits per heavy atom. The molecule has 0 saturated heterocycles. The van der Waals surface area contributed by atoms with Crippen LogP contribution in [0.5, 0.6) is 0 Å². The first-order chi connectivity index (χ1) is 12.8. The highest BCUT2D eigenvalue weighted by atomic mass is 79.9. The fourth-order valence-electron chi connectivity index (χ4n) is 2.80. The highest BCUT2D eigenvalue weighted by Gasteiger charge is 2.14. The van der Waals surface area contributed by atoms with E-state index in [1.807, 2.05) is 49.6 Å². The molecule has 0 aliphatic rings. The molecule has 1 heterocycles. The van der Waals surface area contributed by atoms with Gasteiger partial charge in [-0.2, -0.15) is 5.10 Å². The fourth-order valence-corrected chi connectivity index (χ4v) is 3.41. The van der Waals surface area contributed by atoms with E-state index < -0.39 is 0 Å². The van der Waals surface area contributed by atoms with Crippen molar-refractivity contribution in [1.82, 2.24) is 9.78 Å². The standard InChI is InChI=1S/C21H23BrN4O/c1-21(2,3)16-8-10-18(11-9-16)26(14-27)23-17-7-5-6-15(12-17)20-19(22)13-25(4)24-20/h5-14,23H,1-4H3. The molecule has 0 aliphatic heterocycles. The summed E-state index contributed by atoms with van der Waals surface area (Å²) in [6.07, 6.45) is 2.68. The summed E-state index contributed by atoms with van der Waals surface area (Å²) in [6, 6.07) is 15.8. The Bertz CT molecular complexity index is 942. The summed E-state index contributed by atoms with van der Waals surface area (Å²) < 4.78 is 2.68. The van der Waals surface area contributed by atoms with E-state index in [1.165, 1.54) is 10.6 Å². The zero-order valence-corrected chi connectivity index (χ0v) is 17.5. The molecule has 0 unspecified atom stereocenters. The lowest BCUT2D eigenvalue weighted by Gasteiger charge is -2.23. The molecule has 0 aliphatic carbocycles. The number of halogens is 1. The van der Waals surface area contributed by atoms with Crippen LogP contribution >= 0.6 is 15.9 Å². The Labute approximate surface area is 168 Å². The quantitative estimate of drug-likeness (QED) is 0.453. The number of hydrogen-bond donors (Lipinski definition) is 1. The summed E-state index contributed by atoms with van der Waals surface area (Å²) in [5.74, 6) is 0. The topological polar surface area (TPSA) is 50.2 Å². The molecule has 1 amide bonds. The first-order valence-corrected chi connectivity index (χ1v) is 9.48. The smallest absolute Gasteiger partial charge is 0.232 e. The van der Waals surface area contributed by atoms with Gasteiger partial charge in [-0.15, -0.1) is 0 Å². The van der Waals surface area contributed by atoms with Gasteiger partial charge in [0.2, 0.25) is 6.41 Å². The van der Waals surface area contributed by atoms with Gasteiger partial charge in [0, 0.05) is 18.8 Å². The molecule has 5 nitrogen and oxygen atoms in total. The third-order valence-corrected chi connectivity index (χ3v) is 4.87. The minimum atomic E-state index is 0.0718. The molecule has 0 radical (unpaired) electrons. The number of carbonyl (C=O) groups excluding carboxylic acids is 1. The van der Waals surface area contributed by atoms with Gasteiger partial charge in [-0.25, -0.2) is 5.01 Å². The number of rotatable bonds is 5. The molecule has 3 rings (SSSR count). The number of carbonyl (C=O) groups is 1. The average molecular weight is 427 g/mol. The van der Waals surface area contributed by atoms with E-state index in [2.05, 4.69) is 59.4 Å². The number of anilines is 2. The van der Waals surface area contributed by atoms with Crippen molar-refractivity contribution in [1.29, 1.82) is 0 Å². The molecule has 6 heteroatoms. The largest absolute Gasteiger partial charge is 0.292 e.